The van der Waals surface area contributed by atoms with Crippen LogP contribution in [0, 0.1) is 35.0 Å². The predicted octanol–water partition coefficient (Wildman–Crippen LogP) is 2.80. The van der Waals surface area contributed by atoms with Crippen LogP contribution in [-0.2, 0) is 0 Å². The van der Waals surface area contributed by atoms with E-state index in [4.69, 9.17) is 10.2 Å². The summed E-state index contributed by atoms with van der Waals surface area (Å²) in [6.45, 7) is 2.99. The van der Waals surface area contributed by atoms with E-state index in [2.05, 4.69) is 33.5 Å². The fourth-order valence-electron chi connectivity index (χ4n) is 3.01. The molecule has 0 bridgehead atoms. The molecular weight excluding hydrogens is 322 g/mol. The number of nitriles is 1. The van der Waals surface area contributed by atoms with Gasteiger partial charge in [-0.1, -0.05) is 24.0 Å². The molecule has 0 amide bonds. The highest BCUT2D eigenvalue weighted by atomic mass is 15.1. The topological polar surface area (TPSA) is 73.6 Å². The van der Waals surface area contributed by atoms with Crippen molar-refractivity contribution in [3.8, 4) is 29.2 Å². The zero-order valence-corrected chi connectivity index (χ0v) is 14.6. The van der Waals surface area contributed by atoms with Crippen LogP contribution in [0.1, 0.15) is 30.4 Å². The van der Waals surface area contributed by atoms with Crippen molar-refractivity contribution >= 4 is 5.95 Å². The van der Waals surface area contributed by atoms with E-state index in [0.29, 0.717) is 23.3 Å². The first-order valence-corrected chi connectivity index (χ1v) is 9.15. The van der Waals surface area contributed by atoms with Gasteiger partial charge < -0.3 is 10.6 Å². The third-order valence-corrected chi connectivity index (χ3v) is 4.78. The Balaban J connectivity index is 1.61. The second-order valence-electron chi connectivity index (χ2n) is 6.93. The summed E-state index contributed by atoms with van der Waals surface area (Å²) in [4.78, 5) is 9.19. The van der Waals surface area contributed by atoms with Gasteiger partial charge in [0.25, 0.3) is 0 Å². The zero-order chi connectivity index (χ0) is 17.8. The van der Waals surface area contributed by atoms with Crippen LogP contribution in [-0.4, -0.2) is 29.6 Å². The molecule has 1 atom stereocenters. The molecule has 1 aliphatic carbocycles. The maximum absolute atomic E-state index is 9.01. The average molecular weight is 343 g/mol. The van der Waals surface area contributed by atoms with E-state index < -0.39 is 0 Å². The van der Waals surface area contributed by atoms with Crippen LogP contribution in [0.5, 0.6) is 0 Å². The Labute approximate surface area is 153 Å². The Bertz CT molecular complexity index is 875. The number of aromatic nitrogens is 2. The van der Waals surface area contributed by atoms with Crippen molar-refractivity contribution in [1.29, 1.82) is 5.26 Å². The van der Waals surface area contributed by atoms with Crippen molar-refractivity contribution in [1.82, 2.24) is 15.3 Å². The normalized spacial score (nSPS) is 18.7. The van der Waals surface area contributed by atoms with E-state index in [1.165, 1.54) is 19.3 Å². The lowest BCUT2D eigenvalue weighted by Crippen LogP contribution is -2.18. The monoisotopic (exact) mass is 343 g/mol. The third-order valence-electron chi connectivity index (χ3n) is 4.78. The van der Waals surface area contributed by atoms with Crippen LogP contribution in [0.4, 0.5) is 5.95 Å². The van der Waals surface area contributed by atoms with Crippen LogP contribution in [0.25, 0.3) is 11.3 Å². The average Bonchev–Trinajstić information content (AvgIpc) is 3.38. The molecule has 1 unspecified atom stereocenters. The second kappa shape index (κ2) is 7.56. The molecule has 2 aromatic rings. The van der Waals surface area contributed by atoms with E-state index in [0.717, 1.165) is 36.5 Å². The predicted molar refractivity (Wildman–Crippen MR) is 101 cm³/mol. The Kier molecular flexibility index (Phi) is 4.82. The summed E-state index contributed by atoms with van der Waals surface area (Å²) in [5, 5.41) is 15.7. The van der Waals surface area contributed by atoms with Crippen LogP contribution in [0.15, 0.2) is 30.5 Å². The smallest absolute Gasteiger partial charge is 0.223 e. The molecule has 130 valence electrons. The molecule has 1 aromatic carbocycles. The van der Waals surface area contributed by atoms with Crippen molar-refractivity contribution in [2.45, 2.75) is 19.3 Å². The summed E-state index contributed by atoms with van der Waals surface area (Å²) in [6.07, 6.45) is 5.37. The number of anilines is 1. The SMILES string of the molecule is N#Cc1ccc(-c2nc(NCC3CCNC3)ncc2C#CC2CC2)cc1. The fraction of sp³-hybridized carbons (Fsp3) is 0.381. The van der Waals surface area contributed by atoms with Gasteiger partial charge in [-0.3, -0.25) is 0 Å². The maximum atomic E-state index is 9.01. The molecule has 2 heterocycles. The Morgan fingerprint density at radius 3 is 2.73 bits per heavy atom. The van der Waals surface area contributed by atoms with Crippen LogP contribution < -0.4 is 10.6 Å². The van der Waals surface area contributed by atoms with Gasteiger partial charge in [-0.2, -0.15) is 5.26 Å². The molecule has 0 radical (unpaired) electrons. The van der Waals surface area contributed by atoms with E-state index in [9.17, 15) is 0 Å². The van der Waals surface area contributed by atoms with Crippen LogP contribution in [0.2, 0.25) is 0 Å². The Morgan fingerprint density at radius 1 is 1.19 bits per heavy atom. The zero-order valence-electron chi connectivity index (χ0n) is 14.6. The highest BCUT2D eigenvalue weighted by Gasteiger charge is 2.18. The summed E-state index contributed by atoms with van der Waals surface area (Å²) in [5.41, 5.74) is 3.26. The summed E-state index contributed by atoms with van der Waals surface area (Å²) in [5.74, 6) is 8.31. The number of benzene rings is 1. The minimum Gasteiger partial charge on any atom is -0.354 e. The van der Waals surface area contributed by atoms with Crippen LogP contribution >= 0.6 is 0 Å². The van der Waals surface area contributed by atoms with E-state index >= 15 is 0 Å². The molecule has 1 saturated carbocycles. The lowest BCUT2D eigenvalue weighted by atomic mass is 10.1. The van der Waals surface area contributed by atoms with Gasteiger partial charge >= 0.3 is 0 Å². The first kappa shape index (κ1) is 16.6. The van der Waals surface area contributed by atoms with Gasteiger partial charge in [-0.05, 0) is 50.4 Å². The molecule has 0 spiro atoms. The summed E-state index contributed by atoms with van der Waals surface area (Å²) < 4.78 is 0. The third kappa shape index (κ3) is 4.02. The van der Waals surface area contributed by atoms with Gasteiger partial charge in [0.1, 0.15) is 0 Å². The van der Waals surface area contributed by atoms with Gasteiger partial charge in [0.15, 0.2) is 0 Å². The molecule has 1 saturated heterocycles. The number of hydrogen-bond donors (Lipinski definition) is 2. The fourth-order valence-corrected chi connectivity index (χ4v) is 3.01. The molecule has 5 heteroatoms. The van der Waals surface area contributed by atoms with Crippen molar-refractivity contribution in [3.63, 3.8) is 0 Å². The second-order valence-corrected chi connectivity index (χ2v) is 6.93. The first-order valence-electron chi connectivity index (χ1n) is 9.15. The van der Waals surface area contributed by atoms with Crippen molar-refractivity contribution < 1.29 is 0 Å². The highest BCUT2D eigenvalue weighted by Crippen LogP contribution is 2.28. The number of rotatable bonds is 4. The minimum absolute atomic E-state index is 0.525. The molecule has 5 nitrogen and oxygen atoms in total. The Morgan fingerprint density at radius 2 is 2.04 bits per heavy atom. The lowest BCUT2D eigenvalue weighted by molar-refractivity contribution is 0.613. The number of nitrogens with one attached hydrogen (secondary N) is 2. The van der Waals surface area contributed by atoms with Gasteiger partial charge in [0.05, 0.1) is 22.9 Å². The van der Waals surface area contributed by atoms with E-state index in [1.54, 1.807) is 0 Å². The molecule has 1 aromatic heterocycles. The van der Waals surface area contributed by atoms with Crippen molar-refractivity contribution in [2.24, 2.45) is 11.8 Å². The highest BCUT2D eigenvalue weighted by molar-refractivity contribution is 5.68. The first-order chi connectivity index (χ1) is 12.8. The quantitative estimate of drug-likeness (QED) is 0.835. The molecule has 2 N–H and O–H groups in total. The standard InChI is InChI=1S/C21H21N5/c22-11-16-4-6-18(7-5-16)20-19(8-3-15-1-2-15)14-25-21(26-20)24-13-17-9-10-23-12-17/h4-7,14-15,17,23H,1-2,9-10,12-13H2,(H,24,25,26). The molecule has 2 fully saturated rings. The molecular formula is C21H21N5. The molecule has 1 aliphatic heterocycles. The van der Waals surface area contributed by atoms with E-state index in [-0.39, 0.29) is 0 Å². The van der Waals surface area contributed by atoms with E-state index in [1.807, 2.05) is 30.5 Å². The lowest BCUT2D eigenvalue weighted by Gasteiger charge is -2.12. The minimum atomic E-state index is 0.525. The summed E-state index contributed by atoms with van der Waals surface area (Å²) in [6, 6.07) is 9.63. The Hall–Kier alpha value is -2.89. The largest absolute Gasteiger partial charge is 0.354 e. The molecule has 4 rings (SSSR count). The van der Waals surface area contributed by atoms with Crippen molar-refractivity contribution in [3.05, 3.63) is 41.6 Å². The summed E-state index contributed by atoms with van der Waals surface area (Å²) >= 11 is 0. The number of nitrogens with zero attached hydrogens (tertiary/aromatic N) is 3. The van der Waals surface area contributed by atoms with Gasteiger partial charge in [0.2, 0.25) is 5.95 Å². The van der Waals surface area contributed by atoms with Gasteiger partial charge in [0, 0.05) is 24.2 Å². The maximum Gasteiger partial charge on any atom is 0.223 e. The molecule has 2 aliphatic rings. The molecule has 26 heavy (non-hydrogen) atoms. The van der Waals surface area contributed by atoms with Gasteiger partial charge in [-0.15, -0.1) is 0 Å². The van der Waals surface area contributed by atoms with Gasteiger partial charge in [-0.25, -0.2) is 9.97 Å². The van der Waals surface area contributed by atoms with Crippen LogP contribution in [0.3, 0.4) is 0 Å². The number of hydrogen-bond acceptors (Lipinski definition) is 5. The van der Waals surface area contributed by atoms with Crippen molar-refractivity contribution in [2.75, 3.05) is 25.0 Å². The summed E-state index contributed by atoms with van der Waals surface area (Å²) in [7, 11) is 0.